The van der Waals surface area contributed by atoms with Crippen LogP contribution in [0.1, 0.15) is 131 Å². The Morgan fingerprint density at radius 2 is 1.43 bits per heavy atom. The molecule has 17 nitrogen and oxygen atoms in total. The van der Waals surface area contributed by atoms with E-state index in [1.54, 1.807) is 59.0 Å². The highest BCUT2D eigenvalue weighted by Gasteiger charge is 2.31. The number of aliphatic imine (C=N–C) groups is 1. The summed E-state index contributed by atoms with van der Waals surface area (Å²) < 4.78 is 11.4. The van der Waals surface area contributed by atoms with Crippen LogP contribution in [-0.2, 0) is 19.1 Å². The standard InChI is InChI=1S/C52H91N3O14/c1-33(45(61)31-47(63)38(6)43(59)24-23-35(3)46(62)32-48(64)65)18-14-15-22-49(66)69-51(36(4)19-13-11-9-10-12-16-25-55-52(53-7)54-8)37(5)21-17-20-34(2)44(60)29-40(57)26-39(56)27-42-28-41(58)30-50(67)68-42/h9-10,14-15,17-18,20-22,33,35-47,50-51,56-63,67H,11-13,16,19,23-32H2,1-8H3,(H,64,65)(H2,53,54,55)/b10-9+,18-14+,21-17+,22-15+,34-20+. The molecule has 0 amide bonds. The minimum absolute atomic E-state index is 0.00615. The second kappa shape index (κ2) is 35.6. The van der Waals surface area contributed by atoms with Crippen LogP contribution < -0.4 is 10.6 Å². The molecule has 1 saturated heterocycles. The molecule has 1 fully saturated rings. The maximum atomic E-state index is 13.2. The number of ether oxygens (including phenoxy) is 2. The molecule has 0 saturated carbocycles. The number of esters is 1. The first-order chi connectivity index (χ1) is 32.6. The fourth-order valence-electron chi connectivity index (χ4n) is 8.26. The molecule has 1 aliphatic rings. The quantitative estimate of drug-likeness (QED) is 0.00819. The van der Waals surface area contributed by atoms with Crippen molar-refractivity contribution in [3.05, 3.63) is 60.3 Å². The maximum Gasteiger partial charge on any atom is 0.331 e. The molecule has 17 heteroatoms. The third-order valence-electron chi connectivity index (χ3n) is 13.1. The van der Waals surface area contributed by atoms with E-state index in [0.29, 0.717) is 12.0 Å². The fraction of sp³-hybridized carbons (Fsp3) is 0.750. The van der Waals surface area contributed by atoms with Crippen molar-refractivity contribution < 1.29 is 70.1 Å². The predicted octanol–water partition coefficient (Wildman–Crippen LogP) is 4.20. The van der Waals surface area contributed by atoms with Crippen molar-refractivity contribution in [1.29, 1.82) is 0 Å². The minimum Gasteiger partial charge on any atom is -0.481 e. The summed E-state index contributed by atoms with van der Waals surface area (Å²) in [6, 6.07) is 0. The molecule has 0 aromatic rings. The molecule has 1 heterocycles. The number of carboxylic acid groups (broad SMARTS) is 1. The van der Waals surface area contributed by atoms with Gasteiger partial charge in [0.2, 0.25) is 0 Å². The number of nitrogens with one attached hydrogen (secondary N) is 2. The van der Waals surface area contributed by atoms with Crippen molar-refractivity contribution in [3.63, 3.8) is 0 Å². The van der Waals surface area contributed by atoms with E-state index in [-0.39, 0.29) is 69.1 Å². The minimum atomic E-state index is -1.10. The Hall–Kier alpha value is -3.49. The van der Waals surface area contributed by atoms with Crippen molar-refractivity contribution in [1.82, 2.24) is 10.6 Å². The Balaban J connectivity index is 2.89. The molecule has 0 radical (unpaired) electrons. The van der Waals surface area contributed by atoms with E-state index in [2.05, 4.69) is 27.8 Å². The number of carboxylic acids is 1. The van der Waals surface area contributed by atoms with E-state index in [9.17, 15) is 55.5 Å². The summed E-state index contributed by atoms with van der Waals surface area (Å²) >= 11 is 0. The Kier molecular flexibility index (Phi) is 32.8. The van der Waals surface area contributed by atoms with Gasteiger partial charge in [-0.05, 0) is 88.5 Å². The first kappa shape index (κ1) is 63.5. The highest BCUT2D eigenvalue weighted by atomic mass is 16.6. The number of nitrogens with zero attached hydrogens (tertiary/aromatic N) is 1. The molecule has 398 valence electrons. The number of carbonyl (C=O) groups is 2. The van der Waals surface area contributed by atoms with Crippen LogP contribution in [0.25, 0.3) is 0 Å². The number of guanidine groups is 1. The third kappa shape index (κ3) is 28.2. The summed E-state index contributed by atoms with van der Waals surface area (Å²) in [4.78, 5) is 28.2. The lowest BCUT2D eigenvalue weighted by atomic mass is 9.86. The zero-order chi connectivity index (χ0) is 52.1. The normalized spacial score (nSPS) is 23.2. The summed E-state index contributed by atoms with van der Waals surface area (Å²) in [6.07, 6.45) is 11.4. The number of hydrogen-bond acceptors (Lipinski definition) is 14. The van der Waals surface area contributed by atoms with E-state index < -0.39 is 91.1 Å². The molecule has 0 aliphatic carbocycles. The van der Waals surface area contributed by atoms with E-state index in [1.807, 2.05) is 27.0 Å². The Morgan fingerprint density at radius 3 is 2.07 bits per heavy atom. The van der Waals surface area contributed by atoms with Gasteiger partial charge in [0.25, 0.3) is 0 Å². The predicted molar refractivity (Wildman–Crippen MR) is 268 cm³/mol. The van der Waals surface area contributed by atoms with Gasteiger partial charge in [0.15, 0.2) is 12.2 Å². The molecule has 16 unspecified atom stereocenters. The first-order valence-electron chi connectivity index (χ1n) is 25.0. The van der Waals surface area contributed by atoms with Gasteiger partial charge in [-0.3, -0.25) is 9.79 Å². The van der Waals surface area contributed by atoms with Crippen molar-refractivity contribution in [2.75, 3.05) is 20.6 Å². The lowest BCUT2D eigenvalue weighted by Gasteiger charge is -2.31. The van der Waals surface area contributed by atoms with Gasteiger partial charge in [-0.2, -0.15) is 0 Å². The smallest absolute Gasteiger partial charge is 0.331 e. The summed E-state index contributed by atoms with van der Waals surface area (Å²) in [6.45, 7) is 11.7. The molecule has 1 aliphatic heterocycles. The highest BCUT2D eigenvalue weighted by molar-refractivity contribution is 5.82. The molecule has 1 rings (SSSR count). The van der Waals surface area contributed by atoms with Crippen LogP contribution >= 0.6 is 0 Å². The summed E-state index contributed by atoms with van der Waals surface area (Å²) in [7, 11) is 3.54. The van der Waals surface area contributed by atoms with Gasteiger partial charge in [0.1, 0.15) is 6.10 Å². The second-order valence-corrected chi connectivity index (χ2v) is 19.3. The molecule has 16 atom stereocenters. The number of aliphatic carboxylic acids is 1. The molecule has 12 N–H and O–H groups in total. The average Bonchev–Trinajstić information content (AvgIpc) is 3.27. The Bertz CT molecular complexity index is 1600. The van der Waals surface area contributed by atoms with E-state index in [1.165, 1.54) is 12.2 Å². The number of aliphatic hydroxyl groups excluding tert-OH is 9. The summed E-state index contributed by atoms with van der Waals surface area (Å²) in [5.74, 6) is -2.47. The van der Waals surface area contributed by atoms with Crippen LogP contribution in [-0.4, -0.2) is 157 Å². The van der Waals surface area contributed by atoms with Gasteiger partial charge in [-0.1, -0.05) is 83.2 Å². The molecule has 69 heavy (non-hydrogen) atoms. The zero-order valence-corrected chi connectivity index (χ0v) is 42.6. The number of aliphatic hydroxyl groups is 9. The second-order valence-electron chi connectivity index (χ2n) is 19.3. The van der Waals surface area contributed by atoms with Crippen molar-refractivity contribution in [3.8, 4) is 0 Å². The van der Waals surface area contributed by atoms with E-state index in [0.717, 1.165) is 44.6 Å². The molecular weight excluding hydrogens is 891 g/mol. The monoisotopic (exact) mass is 982 g/mol. The van der Waals surface area contributed by atoms with Crippen molar-refractivity contribution in [2.24, 2.45) is 34.6 Å². The van der Waals surface area contributed by atoms with Crippen molar-refractivity contribution >= 4 is 17.9 Å². The van der Waals surface area contributed by atoms with E-state index >= 15 is 0 Å². The number of carbonyl (C=O) groups excluding carboxylic acids is 1. The van der Waals surface area contributed by atoms with Crippen LogP contribution in [0.5, 0.6) is 0 Å². The molecular formula is C52H91N3O14. The first-order valence-corrected chi connectivity index (χ1v) is 25.0. The van der Waals surface area contributed by atoms with Gasteiger partial charge < -0.3 is 71.2 Å². The zero-order valence-electron chi connectivity index (χ0n) is 42.6. The maximum absolute atomic E-state index is 13.2. The molecule has 0 bridgehead atoms. The lowest BCUT2D eigenvalue weighted by molar-refractivity contribution is -0.195. The van der Waals surface area contributed by atoms with Gasteiger partial charge in [-0.15, -0.1) is 0 Å². The molecule has 0 aromatic carbocycles. The lowest BCUT2D eigenvalue weighted by Crippen LogP contribution is -2.38. The topological polar surface area (TPSA) is 291 Å². The SMILES string of the molecule is CN=C(NC)NCCC/C=C/CCCC(C)C(OC(=O)/C=C/C=C/C(C)C(O)CC(O)C(C)C(O)CCC(C)C(O)CC(=O)O)C(C)/C=C/C=C(\C)C(O)CC(O)CC(O)CC1CC(O)CC(O)O1. The van der Waals surface area contributed by atoms with Gasteiger partial charge in [-0.25, -0.2) is 4.79 Å². The Morgan fingerprint density at radius 1 is 0.768 bits per heavy atom. The molecule has 0 spiro atoms. The largest absolute Gasteiger partial charge is 0.481 e. The number of allylic oxidation sites excluding steroid dienone is 6. The van der Waals surface area contributed by atoms with Crippen LogP contribution in [0.2, 0.25) is 0 Å². The highest BCUT2D eigenvalue weighted by Crippen LogP contribution is 2.27. The molecule has 0 aromatic heterocycles. The average molecular weight is 982 g/mol. The van der Waals surface area contributed by atoms with Gasteiger partial charge in [0, 0.05) is 63.7 Å². The van der Waals surface area contributed by atoms with Gasteiger partial charge >= 0.3 is 11.9 Å². The van der Waals surface area contributed by atoms with Crippen LogP contribution in [0.4, 0.5) is 0 Å². The van der Waals surface area contributed by atoms with Crippen LogP contribution in [0, 0.1) is 29.6 Å². The number of rotatable bonds is 34. The van der Waals surface area contributed by atoms with Gasteiger partial charge in [0.05, 0.1) is 61.4 Å². The third-order valence-corrected chi connectivity index (χ3v) is 13.1. The summed E-state index contributed by atoms with van der Waals surface area (Å²) in [5, 5.41) is 109. The van der Waals surface area contributed by atoms with Crippen molar-refractivity contribution in [2.45, 2.75) is 199 Å². The summed E-state index contributed by atoms with van der Waals surface area (Å²) in [5.41, 5.74) is 0.590. The van der Waals surface area contributed by atoms with Crippen LogP contribution in [0.15, 0.2) is 65.2 Å². The van der Waals surface area contributed by atoms with E-state index in [4.69, 9.17) is 14.6 Å². The number of hydrogen-bond donors (Lipinski definition) is 12. The number of unbranched alkanes of at least 4 members (excludes halogenated alkanes) is 2. The Labute approximate surface area is 411 Å². The fourth-order valence-corrected chi connectivity index (χ4v) is 8.26. The van der Waals surface area contributed by atoms with Crippen LogP contribution in [0.3, 0.4) is 0 Å².